The van der Waals surface area contributed by atoms with Crippen LogP contribution in [0.15, 0.2) is 30.3 Å². The van der Waals surface area contributed by atoms with E-state index in [-0.39, 0.29) is 5.97 Å². The van der Waals surface area contributed by atoms with Gasteiger partial charge in [-0.3, -0.25) is 4.79 Å². The molecule has 1 N–H and O–H groups in total. The van der Waals surface area contributed by atoms with Gasteiger partial charge in [0.2, 0.25) is 0 Å². The van der Waals surface area contributed by atoms with Gasteiger partial charge in [-0.25, -0.2) is 0 Å². The second-order valence-electron chi connectivity index (χ2n) is 6.19. The van der Waals surface area contributed by atoms with Crippen molar-refractivity contribution in [1.29, 1.82) is 0 Å². The van der Waals surface area contributed by atoms with E-state index in [0.29, 0.717) is 12.5 Å². The Labute approximate surface area is 128 Å². The summed E-state index contributed by atoms with van der Waals surface area (Å²) in [6.07, 6.45) is 3.87. The van der Waals surface area contributed by atoms with Crippen molar-refractivity contribution in [3.8, 4) is 0 Å². The number of nitrogens with one attached hydrogen (secondary N) is 1. The van der Waals surface area contributed by atoms with E-state index in [1.54, 1.807) is 0 Å². The fourth-order valence-electron chi connectivity index (χ4n) is 3.15. The Morgan fingerprint density at radius 3 is 2.57 bits per heavy atom. The van der Waals surface area contributed by atoms with Crippen LogP contribution in [-0.2, 0) is 14.9 Å². The topological polar surface area (TPSA) is 38.3 Å². The number of rotatable bonds is 6. The number of hydrogen-bond acceptors (Lipinski definition) is 3. The van der Waals surface area contributed by atoms with Crippen LogP contribution in [0.25, 0.3) is 0 Å². The first-order chi connectivity index (χ1) is 10.2. The lowest BCUT2D eigenvalue weighted by Crippen LogP contribution is -2.46. The van der Waals surface area contributed by atoms with Crippen molar-refractivity contribution in [2.24, 2.45) is 5.92 Å². The van der Waals surface area contributed by atoms with Gasteiger partial charge in [-0.15, -0.1) is 0 Å². The Bertz CT molecular complexity index is 438. The van der Waals surface area contributed by atoms with E-state index in [1.807, 2.05) is 18.2 Å². The molecule has 0 amide bonds. The number of hydrogen-bond donors (Lipinski definition) is 1. The average molecular weight is 289 g/mol. The molecule has 0 saturated carbocycles. The number of carbonyl (C=O) groups is 1. The summed E-state index contributed by atoms with van der Waals surface area (Å²) in [6, 6.07) is 10.1. The van der Waals surface area contributed by atoms with Gasteiger partial charge in [-0.1, -0.05) is 50.6 Å². The zero-order valence-corrected chi connectivity index (χ0v) is 13.2. The van der Waals surface area contributed by atoms with E-state index >= 15 is 0 Å². The minimum Gasteiger partial charge on any atom is -0.465 e. The fourth-order valence-corrected chi connectivity index (χ4v) is 3.15. The van der Waals surface area contributed by atoms with Crippen molar-refractivity contribution >= 4 is 5.97 Å². The average Bonchev–Trinajstić information content (AvgIpc) is 2.54. The summed E-state index contributed by atoms with van der Waals surface area (Å²) in [6.45, 7) is 6.59. The van der Waals surface area contributed by atoms with Gasteiger partial charge >= 0.3 is 5.97 Å². The van der Waals surface area contributed by atoms with E-state index in [1.165, 1.54) is 0 Å². The van der Waals surface area contributed by atoms with Crippen LogP contribution in [-0.4, -0.2) is 25.7 Å². The molecule has 1 aromatic rings. The molecule has 0 bridgehead atoms. The van der Waals surface area contributed by atoms with E-state index in [0.717, 1.165) is 44.3 Å². The molecule has 116 valence electrons. The van der Waals surface area contributed by atoms with E-state index < -0.39 is 5.41 Å². The lowest BCUT2D eigenvalue weighted by atomic mass is 9.73. The standard InChI is InChI=1S/C18H27NO2/c1-3-7-15(2)14-21-17(20)18(10-12-19-13-11-18)16-8-5-4-6-9-16/h4-6,8-9,15,19H,3,7,10-14H2,1-2H3. The number of carbonyl (C=O) groups excluding carboxylic acids is 1. The first-order valence-corrected chi connectivity index (χ1v) is 8.12. The summed E-state index contributed by atoms with van der Waals surface area (Å²) in [4.78, 5) is 12.8. The SMILES string of the molecule is CCCC(C)COC(=O)C1(c2ccccc2)CCNCC1. The summed E-state index contributed by atoms with van der Waals surface area (Å²) >= 11 is 0. The molecule has 3 nitrogen and oxygen atoms in total. The number of esters is 1. The van der Waals surface area contributed by atoms with Gasteiger partial charge in [0.05, 0.1) is 12.0 Å². The highest BCUT2D eigenvalue weighted by molar-refractivity contribution is 5.83. The van der Waals surface area contributed by atoms with Gasteiger partial charge in [-0.05, 0) is 43.8 Å². The Morgan fingerprint density at radius 1 is 1.29 bits per heavy atom. The Hall–Kier alpha value is -1.35. The maximum Gasteiger partial charge on any atom is 0.316 e. The van der Waals surface area contributed by atoms with Gasteiger partial charge in [0, 0.05) is 0 Å². The van der Waals surface area contributed by atoms with Crippen LogP contribution in [0.2, 0.25) is 0 Å². The first-order valence-electron chi connectivity index (χ1n) is 8.12. The lowest BCUT2D eigenvalue weighted by Gasteiger charge is -2.36. The van der Waals surface area contributed by atoms with Crippen LogP contribution in [0, 0.1) is 5.92 Å². The summed E-state index contributed by atoms with van der Waals surface area (Å²) in [5.74, 6) is 0.395. The number of benzene rings is 1. The van der Waals surface area contributed by atoms with Crippen molar-refractivity contribution in [2.75, 3.05) is 19.7 Å². The Morgan fingerprint density at radius 2 is 1.95 bits per heavy atom. The molecule has 1 atom stereocenters. The number of piperidine rings is 1. The van der Waals surface area contributed by atoms with Crippen molar-refractivity contribution in [3.05, 3.63) is 35.9 Å². The molecule has 1 aliphatic rings. The molecule has 0 radical (unpaired) electrons. The minimum atomic E-state index is -0.460. The molecular weight excluding hydrogens is 262 g/mol. The Balaban J connectivity index is 2.11. The predicted molar refractivity (Wildman–Crippen MR) is 85.3 cm³/mol. The quantitative estimate of drug-likeness (QED) is 0.817. The molecule has 2 rings (SSSR count). The molecule has 0 aromatic heterocycles. The molecule has 21 heavy (non-hydrogen) atoms. The molecule has 1 unspecified atom stereocenters. The summed E-state index contributed by atoms with van der Waals surface area (Å²) in [5, 5.41) is 3.34. The fraction of sp³-hybridized carbons (Fsp3) is 0.611. The monoisotopic (exact) mass is 289 g/mol. The maximum atomic E-state index is 12.8. The van der Waals surface area contributed by atoms with Gasteiger partial charge in [0.1, 0.15) is 0 Å². The van der Waals surface area contributed by atoms with Crippen LogP contribution in [0.5, 0.6) is 0 Å². The second kappa shape index (κ2) is 7.60. The molecule has 1 fully saturated rings. The predicted octanol–water partition coefficient (Wildman–Crippen LogP) is 3.29. The largest absolute Gasteiger partial charge is 0.465 e. The highest BCUT2D eigenvalue weighted by Gasteiger charge is 2.42. The zero-order valence-electron chi connectivity index (χ0n) is 13.2. The third kappa shape index (κ3) is 3.85. The normalized spacial score (nSPS) is 19.0. The third-order valence-corrected chi connectivity index (χ3v) is 4.45. The summed E-state index contributed by atoms with van der Waals surface area (Å²) in [7, 11) is 0. The zero-order chi connectivity index (χ0) is 15.1. The Kier molecular flexibility index (Phi) is 5.80. The molecule has 1 heterocycles. The molecule has 1 saturated heterocycles. The van der Waals surface area contributed by atoms with Crippen LogP contribution in [0.4, 0.5) is 0 Å². The van der Waals surface area contributed by atoms with Crippen LogP contribution in [0.3, 0.4) is 0 Å². The van der Waals surface area contributed by atoms with E-state index in [4.69, 9.17) is 4.74 Å². The van der Waals surface area contributed by atoms with Crippen molar-refractivity contribution < 1.29 is 9.53 Å². The molecule has 0 spiro atoms. The van der Waals surface area contributed by atoms with E-state index in [9.17, 15) is 4.79 Å². The number of ether oxygens (including phenoxy) is 1. The van der Waals surface area contributed by atoms with Crippen molar-refractivity contribution in [1.82, 2.24) is 5.32 Å². The second-order valence-corrected chi connectivity index (χ2v) is 6.19. The summed E-state index contributed by atoms with van der Waals surface area (Å²) < 4.78 is 5.69. The van der Waals surface area contributed by atoms with Crippen molar-refractivity contribution in [2.45, 2.75) is 44.9 Å². The van der Waals surface area contributed by atoms with Crippen LogP contribution in [0.1, 0.15) is 45.1 Å². The van der Waals surface area contributed by atoms with E-state index in [2.05, 4.69) is 31.3 Å². The molecular formula is C18H27NO2. The van der Waals surface area contributed by atoms with Crippen LogP contribution >= 0.6 is 0 Å². The van der Waals surface area contributed by atoms with Crippen LogP contribution < -0.4 is 5.32 Å². The first kappa shape index (κ1) is 16.0. The summed E-state index contributed by atoms with van der Waals surface area (Å²) in [5.41, 5.74) is 0.637. The molecule has 0 aliphatic carbocycles. The van der Waals surface area contributed by atoms with Gasteiger partial charge in [-0.2, -0.15) is 0 Å². The minimum absolute atomic E-state index is 0.0434. The maximum absolute atomic E-state index is 12.8. The molecule has 3 heteroatoms. The van der Waals surface area contributed by atoms with Gasteiger partial charge in [0.15, 0.2) is 0 Å². The third-order valence-electron chi connectivity index (χ3n) is 4.45. The van der Waals surface area contributed by atoms with Gasteiger partial charge < -0.3 is 10.1 Å². The molecule has 1 aromatic carbocycles. The van der Waals surface area contributed by atoms with Crippen molar-refractivity contribution in [3.63, 3.8) is 0 Å². The lowest BCUT2D eigenvalue weighted by molar-refractivity contribution is -0.153. The van der Waals surface area contributed by atoms with Gasteiger partial charge in [0.25, 0.3) is 0 Å². The molecule has 1 aliphatic heterocycles. The highest BCUT2D eigenvalue weighted by atomic mass is 16.5. The highest BCUT2D eigenvalue weighted by Crippen LogP contribution is 2.35. The smallest absolute Gasteiger partial charge is 0.316 e.